The van der Waals surface area contributed by atoms with Crippen LogP contribution in [0.3, 0.4) is 0 Å². The molecule has 0 N–H and O–H groups in total. The van der Waals surface area contributed by atoms with E-state index in [0.29, 0.717) is 0 Å². The highest BCUT2D eigenvalue weighted by atomic mass is 79.9. The Labute approximate surface area is 186 Å². The van der Waals surface area contributed by atoms with Gasteiger partial charge in [0.2, 0.25) is 12.7 Å². The van der Waals surface area contributed by atoms with E-state index >= 15 is 0 Å². The van der Waals surface area contributed by atoms with Crippen LogP contribution in [0.5, 0.6) is 0 Å². The van der Waals surface area contributed by atoms with Crippen LogP contribution in [-0.2, 0) is 26.2 Å². The Morgan fingerprint density at radius 2 is 1.14 bits per heavy atom. The normalized spacial score (nSPS) is 12.6. The summed E-state index contributed by atoms with van der Waals surface area (Å²) in [6.07, 6.45) is 13.0. The topological polar surface area (TPSA) is 17.6 Å². The number of hydrogen-bond acceptors (Lipinski definition) is 0. The first-order valence-corrected chi connectivity index (χ1v) is 9.06. The third-order valence-corrected chi connectivity index (χ3v) is 5.04. The van der Waals surface area contributed by atoms with E-state index in [0.717, 1.165) is 26.2 Å². The summed E-state index contributed by atoms with van der Waals surface area (Å²) in [5.74, 6) is 0. The zero-order chi connectivity index (χ0) is 17.3. The monoisotopic (exact) mass is 500 g/mol. The number of benzene rings is 2. The zero-order valence-electron chi connectivity index (χ0n) is 15.5. The summed E-state index contributed by atoms with van der Waals surface area (Å²) in [4.78, 5) is 0. The minimum atomic E-state index is 0. The molecule has 2 aromatic carbocycles. The lowest BCUT2D eigenvalue weighted by Crippen LogP contribution is -3.00. The van der Waals surface area contributed by atoms with E-state index in [2.05, 4.69) is 104 Å². The molecule has 28 heavy (non-hydrogen) atoms. The van der Waals surface area contributed by atoms with Gasteiger partial charge < -0.3 is 34.0 Å². The van der Waals surface area contributed by atoms with E-state index in [-0.39, 0.29) is 34.0 Å². The van der Waals surface area contributed by atoms with Crippen molar-refractivity contribution in [3.05, 3.63) is 108 Å². The van der Waals surface area contributed by atoms with Crippen LogP contribution in [0.25, 0.3) is 0 Å². The summed E-state index contributed by atoms with van der Waals surface area (Å²) in [5, 5.41) is 0. The first kappa shape index (κ1) is 20.6. The average molecular weight is 502 g/mol. The van der Waals surface area contributed by atoms with Crippen LogP contribution < -0.4 is 43.1 Å². The highest BCUT2D eigenvalue weighted by molar-refractivity contribution is 5.27. The van der Waals surface area contributed by atoms with Crippen LogP contribution in [0.1, 0.15) is 22.3 Å². The summed E-state index contributed by atoms with van der Waals surface area (Å²) in [5.41, 5.74) is 5.40. The van der Waals surface area contributed by atoms with E-state index < -0.39 is 0 Å². The molecule has 4 nitrogen and oxygen atoms in total. The van der Waals surface area contributed by atoms with Crippen molar-refractivity contribution in [1.29, 1.82) is 0 Å². The van der Waals surface area contributed by atoms with Gasteiger partial charge in [0.1, 0.15) is 51.0 Å². The standard InChI is InChI=1S/C22H22N4.2BrH/c1-2-7-22-16-26-11-9-24(18-26)14-20-5-3-4-19(12-20)13-23-8-10-25(17-23)15-21(22)6-1;;/h1-12,17-18H,13-16H2;2*1H/q+2;;/p-2. The first-order chi connectivity index (χ1) is 12.8. The highest BCUT2D eigenvalue weighted by Crippen LogP contribution is 2.13. The van der Waals surface area contributed by atoms with Gasteiger partial charge in [0.15, 0.2) is 0 Å². The second-order valence-electron chi connectivity index (χ2n) is 7.11. The maximum atomic E-state index is 2.31. The number of nitrogens with zero attached hydrogens (tertiary/aromatic N) is 4. The van der Waals surface area contributed by atoms with Crippen molar-refractivity contribution in [2.75, 3.05) is 0 Å². The van der Waals surface area contributed by atoms with Gasteiger partial charge in [-0.1, -0.05) is 42.5 Å². The molecule has 0 saturated heterocycles. The van der Waals surface area contributed by atoms with Gasteiger partial charge in [-0.05, 0) is 17.2 Å². The predicted molar refractivity (Wildman–Crippen MR) is 98.5 cm³/mol. The molecule has 0 unspecified atom stereocenters. The third-order valence-electron chi connectivity index (χ3n) is 5.04. The Bertz CT molecular complexity index is 987. The summed E-state index contributed by atoms with van der Waals surface area (Å²) in [7, 11) is 0. The molecule has 2 aromatic heterocycles. The Morgan fingerprint density at radius 3 is 1.64 bits per heavy atom. The highest BCUT2D eigenvalue weighted by Gasteiger charge is 2.13. The van der Waals surface area contributed by atoms with Crippen molar-refractivity contribution < 1.29 is 43.1 Å². The van der Waals surface area contributed by atoms with Crippen molar-refractivity contribution in [3.63, 3.8) is 0 Å². The van der Waals surface area contributed by atoms with Crippen molar-refractivity contribution in [1.82, 2.24) is 9.13 Å². The quantitative estimate of drug-likeness (QED) is 0.195. The van der Waals surface area contributed by atoms with Gasteiger partial charge in [-0.25, -0.2) is 18.3 Å². The lowest BCUT2D eigenvalue weighted by atomic mass is 10.1. The number of fused-ring (bicyclic) bond motifs is 7. The molecular weight excluding hydrogens is 480 g/mol. The lowest BCUT2D eigenvalue weighted by Gasteiger charge is -2.05. The molecule has 3 heterocycles. The largest absolute Gasteiger partial charge is 1.00 e. The number of aromatic nitrogens is 4. The Kier molecular flexibility index (Phi) is 6.52. The number of hydrogen-bond donors (Lipinski definition) is 0. The molecule has 1 aliphatic heterocycles. The van der Waals surface area contributed by atoms with Crippen molar-refractivity contribution in [2.24, 2.45) is 0 Å². The second-order valence-corrected chi connectivity index (χ2v) is 7.11. The molecule has 0 amide bonds. The SMILES string of the molecule is [Br-].[Br-].c1cc2cc(c1)C[n+]1ccn(c1)Cc1ccccc1Cn1cc[n+](c1)C2. The maximum absolute atomic E-state index is 2.31. The fourth-order valence-corrected chi connectivity index (χ4v) is 3.76. The molecule has 0 radical (unpaired) electrons. The average Bonchev–Trinajstić information content (AvgIpc) is 3.26. The van der Waals surface area contributed by atoms with Gasteiger partial charge in [-0.15, -0.1) is 0 Å². The van der Waals surface area contributed by atoms with Crippen LogP contribution in [0.15, 0.2) is 86.0 Å². The van der Waals surface area contributed by atoms with Crippen LogP contribution in [0, 0.1) is 0 Å². The molecule has 6 bridgehead atoms. The van der Waals surface area contributed by atoms with Crippen LogP contribution >= 0.6 is 0 Å². The molecule has 0 atom stereocenters. The van der Waals surface area contributed by atoms with E-state index in [1.165, 1.54) is 22.3 Å². The van der Waals surface area contributed by atoms with Gasteiger partial charge in [0.05, 0.1) is 0 Å². The lowest BCUT2D eigenvalue weighted by molar-refractivity contribution is -0.688. The number of imidazole rings is 2. The fraction of sp³-hybridized carbons (Fsp3) is 0.182. The van der Waals surface area contributed by atoms with Crippen LogP contribution in [-0.4, -0.2) is 9.13 Å². The van der Waals surface area contributed by atoms with Gasteiger partial charge in [0, 0.05) is 11.1 Å². The Hall–Kier alpha value is -2.18. The summed E-state index contributed by atoms with van der Waals surface area (Å²) in [6.45, 7) is 3.58. The summed E-state index contributed by atoms with van der Waals surface area (Å²) in [6, 6.07) is 17.6. The zero-order valence-corrected chi connectivity index (χ0v) is 18.6. The molecule has 144 valence electrons. The van der Waals surface area contributed by atoms with Gasteiger partial charge in [0.25, 0.3) is 0 Å². The molecule has 4 aromatic rings. The van der Waals surface area contributed by atoms with E-state index in [9.17, 15) is 0 Å². The van der Waals surface area contributed by atoms with Crippen LogP contribution in [0.2, 0.25) is 0 Å². The number of rotatable bonds is 0. The van der Waals surface area contributed by atoms with Crippen molar-refractivity contribution >= 4 is 0 Å². The first-order valence-electron chi connectivity index (χ1n) is 9.06. The molecular formula is C22H22Br2N4. The Morgan fingerprint density at radius 1 is 0.643 bits per heavy atom. The predicted octanol–water partition coefficient (Wildman–Crippen LogP) is -3.62. The second kappa shape index (κ2) is 8.88. The molecule has 0 spiro atoms. The van der Waals surface area contributed by atoms with Crippen LogP contribution in [0.4, 0.5) is 0 Å². The summed E-state index contributed by atoms with van der Waals surface area (Å²) >= 11 is 0. The van der Waals surface area contributed by atoms with Gasteiger partial charge in [-0.2, -0.15) is 0 Å². The van der Waals surface area contributed by atoms with Crippen molar-refractivity contribution in [3.8, 4) is 0 Å². The van der Waals surface area contributed by atoms with Gasteiger partial charge in [-0.3, -0.25) is 0 Å². The molecule has 0 fully saturated rings. The maximum Gasteiger partial charge on any atom is 0.244 e. The third kappa shape index (κ3) is 4.45. The Balaban J connectivity index is 0.00000112. The molecule has 0 aliphatic carbocycles. The van der Waals surface area contributed by atoms with Crippen molar-refractivity contribution in [2.45, 2.75) is 26.2 Å². The fourth-order valence-electron chi connectivity index (χ4n) is 3.76. The molecule has 6 heteroatoms. The molecule has 1 aliphatic rings. The minimum Gasteiger partial charge on any atom is -1.00 e. The minimum absolute atomic E-state index is 0. The van der Waals surface area contributed by atoms with Gasteiger partial charge >= 0.3 is 0 Å². The van der Waals surface area contributed by atoms with E-state index in [4.69, 9.17) is 0 Å². The molecule has 5 rings (SSSR count). The summed E-state index contributed by atoms with van der Waals surface area (Å²) < 4.78 is 9.03. The number of halogens is 2. The smallest absolute Gasteiger partial charge is 0.244 e. The molecule has 0 saturated carbocycles. The van der Waals surface area contributed by atoms with E-state index in [1.54, 1.807) is 0 Å². The van der Waals surface area contributed by atoms with E-state index in [1.807, 2.05) is 0 Å².